The third-order valence-electron chi connectivity index (χ3n) is 3.05. The van der Waals surface area contributed by atoms with Crippen molar-refractivity contribution in [1.29, 1.82) is 0 Å². The highest BCUT2D eigenvalue weighted by molar-refractivity contribution is 6.31. The number of hydrogen-bond donors (Lipinski definition) is 1. The Morgan fingerprint density at radius 2 is 2.20 bits per heavy atom. The molecule has 0 aliphatic heterocycles. The van der Waals surface area contributed by atoms with Gasteiger partial charge >= 0.3 is 0 Å². The molecule has 0 aromatic carbocycles. The van der Waals surface area contributed by atoms with E-state index in [0.717, 1.165) is 36.6 Å². The van der Waals surface area contributed by atoms with Gasteiger partial charge in [-0.3, -0.25) is 4.68 Å². The van der Waals surface area contributed by atoms with Crippen LogP contribution in [0, 0.1) is 0 Å². The van der Waals surface area contributed by atoms with Crippen LogP contribution in [0.2, 0.25) is 5.02 Å². The second-order valence-corrected chi connectivity index (χ2v) is 5.20. The number of hydrogen-bond acceptors (Lipinski definition) is 4. The van der Waals surface area contributed by atoms with E-state index in [0.29, 0.717) is 5.02 Å². The first-order chi connectivity index (χ1) is 9.60. The van der Waals surface area contributed by atoms with Gasteiger partial charge in [0.05, 0.1) is 11.2 Å². The fraction of sp³-hybridized carbons (Fsp3) is 0.429. The summed E-state index contributed by atoms with van der Waals surface area (Å²) >= 11 is 6.17. The maximum Gasteiger partial charge on any atom is 0.128 e. The molecule has 0 aliphatic rings. The van der Waals surface area contributed by atoms with Crippen molar-refractivity contribution < 1.29 is 0 Å². The number of aryl methyl sites for hydroxylation is 1. The van der Waals surface area contributed by atoms with E-state index >= 15 is 0 Å². The van der Waals surface area contributed by atoms with Crippen LogP contribution in [-0.4, -0.2) is 28.4 Å². The first-order valence-corrected chi connectivity index (χ1v) is 7.01. The third-order valence-corrected chi connectivity index (χ3v) is 3.40. The molecule has 0 radical (unpaired) electrons. The lowest BCUT2D eigenvalue weighted by Gasteiger charge is -2.18. The molecule has 2 rings (SSSR count). The average molecular weight is 294 g/mol. The number of anilines is 1. The summed E-state index contributed by atoms with van der Waals surface area (Å²) in [7, 11) is 3.93. The van der Waals surface area contributed by atoms with Crippen LogP contribution in [0.25, 0.3) is 0 Å². The summed E-state index contributed by atoms with van der Waals surface area (Å²) in [6.45, 7) is 4.51. The van der Waals surface area contributed by atoms with Crippen molar-refractivity contribution in [3.05, 3.63) is 40.8 Å². The first-order valence-electron chi connectivity index (χ1n) is 6.64. The van der Waals surface area contributed by atoms with Crippen LogP contribution < -0.4 is 10.2 Å². The molecule has 2 aromatic heterocycles. The molecule has 1 N–H and O–H groups in total. The highest BCUT2D eigenvalue weighted by Gasteiger charge is 2.08. The van der Waals surface area contributed by atoms with Gasteiger partial charge in [-0.25, -0.2) is 4.98 Å². The van der Waals surface area contributed by atoms with E-state index in [1.165, 1.54) is 0 Å². The summed E-state index contributed by atoms with van der Waals surface area (Å²) in [6, 6.07) is 2.03. The topological polar surface area (TPSA) is 46.0 Å². The number of aromatic nitrogens is 3. The fourth-order valence-corrected chi connectivity index (χ4v) is 2.15. The molecule has 0 bridgehead atoms. The molecular formula is C14H20ClN5. The van der Waals surface area contributed by atoms with Gasteiger partial charge < -0.3 is 10.2 Å². The maximum absolute atomic E-state index is 6.17. The molecule has 5 nitrogen and oxygen atoms in total. The summed E-state index contributed by atoms with van der Waals surface area (Å²) in [5, 5.41) is 8.15. The summed E-state index contributed by atoms with van der Waals surface area (Å²) < 4.78 is 1.80. The Morgan fingerprint density at radius 3 is 2.85 bits per heavy atom. The van der Waals surface area contributed by atoms with E-state index in [-0.39, 0.29) is 0 Å². The molecule has 0 aliphatic carbocycles. The Kier molecular flexibility index (Phi) is 4.98. The van der Waals surface area contributed by atoms with Gasteiger partial charge in [0.1, 0.15) is 5.82 Å². The van der Waals surface area contributed by atoms with Gasteiger partial charge in [0, 0.05) is 45.1 Å². The molecule has 6 heteroatoms. The highest BCUT2D eigenvalue weighted by Crippen LogP contribution is 2.20. The SMILES string of the molecule is CCNCc1cc(N(C)Cc2cnn(C)c2)ncc1Cl. The van der Waals surface area contributed by atoms with E-state index in [1.54, 1.807) is 10.9 Å². The van der Waals surface area contributed by atoms with Gasteiger partial charge in [-0.2, -0.15) is 5.10 Å². The van der Waals surface area contributed by atoms with E-state index in [4.69, 9.17) is 11.6 Å². The highest BCUT2D eigenvalue weighted by atomic mass is 35.5. The van der Waals surface area contributed by atoms with E-state index in [2.05, 4.69) is 27.2 Å². The minimum absolute atomic E-state index is 0.699. The van der Waals surface area contributed by atoms with Crippen molar-refractivity contribution in [3.8, 4) is 0 Å². The predicted octanol–water partition coefficient (Wildman–Crippen LogP) is 2.21. The predicted molar refractivity (Wildman–Crippen MR) is 81.9 cm³/mol. The molecule has 108 valence electrons. The Labute approximate surface area is 124 Å². The Morgan fingerprint density at radius 1 is 1.40 bits per heavy atom. The molecule has 0 atom stereocenters. The van der Waals surface area contributed by atoms with Crippen LogP contribution >= 0.6 is 11.6 Å². The van der Waals surface area contributed by atoms with Gasteiger partial charge in [-0.05, 0) is 18.2 Å². The van der Waals surface area contributed by atoms with Crippen molar-refractivity contribution in [2.24, 2.45) is 7.05 Å². The minimum Gasteiger partial charge on any atom is -0.355 e. The molecule has 20 heavy (non-hydrogen) atoms. The zero-order chi connectivity index (χ0) is 14.5. The largest absolute Gasteiger partial charge is 0.355 e. The standard InChI is InChI=1S/C14H20ClN5/c1-4-16-7-12-5-14(17-8-13(12)15)19(2)9-11-6-18-20(3)10-11/h5-6,8,10,16H,4,7,9H2,1-3H3. The molecular weight excluding hydrogens is 274 g/mol. The Bertz CT molecular complexity index is 566. The van der Waals surface area contributed by atoms with Crippen molar-refractivity contribution in [2.75, 3.05) is 18.5 Å². The zero-order valence-electron chi connectivity index (χ0n) is 12.1. The lowest BCUT2D eigenvalue weighted by molar-refractivity contribution is 0.725. The monoisotopic (exact) mass is 293 g/mol. The number of pyridine rings is 1. The fourth-order valence-electron chi connectivity index (χ4n) is 1.98. The second kappa shape index (κ2) is 6.72. The molecule has 0 unspecified atom stereocenters. The van der Waals surface area contributed by atoms with Crippen molar-refractivity contribution in [1.82, 2.24) is 20.1 Å². The number of halogens is 1. The molecule has 2 heterocycles. The molecule has 0 amide bonds. The van der Waals surface area contributed by atoms with Crippen LogP contribution in [0.4, 0.5) is 5.82 Å². The average Bonchev–Trinajstić information content (AvgIpc) is 2.83. The van der Waals surface area contributed by atoms with Crippen molar-refractivity contribution in [3.63, 3.8) is 0 Å². The van der Waals surface area contributed by atoms with Gasteiger partial charge in [0.25, 0.3) is 0 Å². The van der Waals surface area contributed by atoms with Crippen LogP contribution in [0.15, 0.2) is 24.7 Å². The molecule has 2 aromatic rings. The lowest BCUT2D eigenvalue weighted by atomic mass is 10.2. The van der Waals surface area contributed by atoms with Crippen LogP contribution in [0.5, 0.6) is 0 Å². The van der Waals surface area contributed by atoms with Crippen LogP contribution in [0.1, 0.15) is 18.1 Å². The smallest absolute Gasteiger partial charge is 0.128 e. The Balaban J connectivity index is 2.10. The number of nitrogens with one attached hydrogen (secondary N) is 1. The Hall–Kier alpha value is -1.59. The molecule has 0 spiro atoms. The summed E-state index contributed by atoms with van der Waals surface area (Å²) in [6.07, 6.45) is 5.58. The quantitative estimate of drug-likeness (QED) is 0.887. The van der Waals surface area contributed by atoms with Crippen molar-refractivity contribution >= 4 is 17.4 Å². The van der Waals surface area contributed by atoms with Gasteiger partial charge in [0.2, 0.25) is 0 Å². The summed E-state index contributed by atoms with van der Waals surface area (Å²) in [4.78, 5) is 6.47. The number of rotatable bonds is 6. The van der Waals surface area contributed by atoms with Gasteiger partial charge in [-0.15, -0.1) is 0 Å². The number of nitrogens with zero attached hydrogens (tertiary/aromatic N) is 4. The summed E-state index contributed by atoms with van der Waals surface area (Å²) in [5.74, 6) is 0.908. The minimum atomic E-state index is 0.699. The third kappa shape index (κ3) is 3.71. The van der Waals surface area contributed by atoms with Crippen LogP contribution in [0.3, 0.4) is 0 Å². The summed E-state index contributed by atoms with van der Waals surface area (Å²) in [5.41, 5.74) is 2.22. The first kappa shape index (κ1) is 14.8. The molecule has 0 saturated heterocycles. The normalized spacial score (nSPS) is 10.8. The van der Waals surface area contributed by atoms with Gasteiger partial charge in [-0.1, -0.05) is 18.5 Å². The van der Waals surface area contributed by atoms with E-state index in [1.807, 2.05) is 32.6 Å². The van der Waals surface area contributed by atoms with Crippen LogP contribution in [-0.2, 0) is 20.1 Å². The lowest BCUT2D eigenvalue weighted by Crippen LogP contribution is -2.18. The van der Waals surface area contributed by atoms with E-state index in [9.17, 15) is 0 Å². The maximum atomic E-state index is 6.17. The molecule has 0 fully saturated rings. The van der Waals surface area contributed by atoms with Gasteiger partial charge in [0.15, 0.2) is 0 Å². The molecule has 0 saturated carbocycles. The second-order valence-electron chi connectivity index (χ2n) is 4.79. The van der Waals surface area contributed by atoms with E-state index < -0.39 is 0 Å². The van der Waals surface area contributed by atoms with Crippen molar-refractivity contribution in [2.45, 2.75) is 20.0 Å². The zero-order valence-corrected chi connectivity index (χ0v) is 12.9.